The van der Waals surface area contributed by atoms with E-state index in [1.165, 1.54) is 55.8 Å². The summed E-state index contributed by atoms with van der Waals surface area (Å²) >= 11 is 0. The summed E-state index contributed by atoms with van der Waals surface area (Å²) in [5.74, 6) is 0.561. The van der Waals surface area contributed by atoms with Crippen molar-refractivity contribution in [2.75, 3.05) is 4.90 Å². The topological polar surface area (TPSA) is 3.24 Å². The van der Waals surface area contributed by atoms with Crippen molar-refractivity contribution in [2.45, 2.75) is 52.1 Å². The predicted molar refractivity (Wildman–Crippen MR) is 140 cm³/mol. The van der Waals surface area contributed by atoms with Crippen molar-refractivity contribution in [1.29, 1.82) is 0 Å². The van der Waals surface area contributed by atoms with Gasteiger partial charge in [0, 0.05) is 24.2 Å². The second kappa shape index (κ2) is 7.92. The van der Waals surface area contributed by atoms with Crippen LogP contribution in [0.1, 0.15) is 54.5 Å². The van der Waals surface area contributed by atoms with E-state index in [2.05, 4.69) is 111 Å². The maximum Gasteiger partial charge on any atom is 0.0433 e. The van der Waals surface area contributed by atoms with Crippen LogP contribution in [-0.2, 0) is 19.4 Å². The Morgan fingerprint density at radius 3 is 2.36 bits per heavy atom. The maximum absolute atomic E-state index is 2.60. The van der Waals surface area contributed by atoms with Crippen LogP contribution in [0, 0.1) is 0 Å². The summed E-state index contributed by atoms with van der Waals surface area (Å²) < 4.78 is 0. The molecule has 2 aliphatic rings. The number of benzene rings is 4. The van der Waals surface area contributed by atoms with Gasteiger partial charge in [-0.15, -0.1) is 0 Å². The average Bonchev–Trinajstić information content (AvgIpc) is 3.35. The molecule has 0 saturated carbocycles. The highest BCUT2D eigenvalue weighted by Gasteiger charge is 2.32. The summed E-state index contributed by atoms with van der Waals surface area (Å²) in [6.07, 6.45) is 2.08. The van der Waals surface area contributed by atoms with Crippen LogP contribution in [0.15, 0.2) is 84.9 Å². The van der Waals surface area contributed by atoms with Crippen LogP contribution in [0.25, 0.3) is 22.3 Å². The second-order valence-corrected chi connectivity index (χ2v) is 9.77. The van der Waals surface area contributed by atoms with Crippen LogP contribution in [0.2, 0.25) is 0 Å². The first-order valence-electron chi connectivity index (χ1n) is 12.3. The molecular formula is C32H31N. The monoisotopic (exact) mass is 429 g/mol. The lowest BCUT2D eigenvalue weighted by molar-refractivity contribution is 0.591. The van der Waals surface area contributed by atoms with Crippen LogP contribution in [0.3, 0.4) is 0 Å². The summed E-state index contributed by atoms with van der Waals surface area (Å²) in [5, 5.41) is 0. The molecule has 4 aromatic rings. The molecule has 0 N–H and O–H groups in total. The molecule has 0 radical (unpaired) electrons. The molecule has 0 amide bonds. The first-order chi connectivity index (χ1) is 16.1. The number of hydrogen-bond donors (Lipinski definition) is 0. The fraction of sp³-hybridized carbons (Fsp3) is 0.250. The zero-order chi connectivity index (χ0) is 22.5. The van der Waals surface area contributed by atoms with E-state index >= 15 is 0 Å². The van der Waals surface area contributed by atoms with Gasteiger partial charge in [0.1, 0.15) is 0 Å². The van der Waals surface area contributed by atoms with Crippen molar-refractivity contribution in [3.63, 3.8) is 0 Å². The summed E-state index contributed by atoms with van der Waals surface area (Å²) in [5.41, 5.74) is 14.2. The van der Waals surface area contributed by atoms with Crippen molar-refractivity contribution in [2.24, 2.45) is 0 Å². The molecule has 1 heteroatoms. The van der Waals surface area contributed by atoms with Gasteiger partial charge in [0.05, 0.1) is 0 Å². The Balaban J connectivity index is 1.41. The molecule has 2 atom stereocenters. The molecular weight excluding hydrogens is 398 g/mol. The molecule has 0 aromatic heterocycles. The average molecular weight is 430 g/mol. The molecule has 164 valence electrons. The van der Waals surface area contributed by atoms with E-state index in [4.69, 9.17) is 0 Å². The van der Waals surface area contributed by atoms with Crippen molar-refractivity contribution in [3.05, 3.63) is 113 Å². The lowest BCUT2D eigenvalue weighted by Crippen LogP contribution is -2.30. The normalized spacial score (nSPS) is 18.2. The highest BCUT2D eigenvalue weighted by atomic mass is 15.2. The third-order valence-electron chi connectivity index (χ3n) is 7.93. The molecule has 0 bridgehead atoms. The van der Waals surface area contributed by atoms with Gasteiger partial charge in [0.25, 0.3) is 0 Å². The number of anilines is 1. The van der Waals surface area contributed by atoms with E-state index in [1.807, 2.05) is 0 Å². The molecule has 0 spiro atoms. The third kappa shape index (κ3) is 3.30. The van der Waals surface area contributed by atoms with Crippen LogP contribution >= 0.6 is 0 Å². The van der Waals surface area contributed by atoms with Crippen LogP contribution in [-0.4, -0.2) is 6.04 Å². The van der Waals surface area contributed by atoms with Gasteiger partial charge in [-0.05, 0) is 82.0 Å². The minimum atomic E-state index is 0.506. The molecule has 1 unspecified atom stereocenters. The van der Waals surface area contributed by atoms with Gasteiger partial charge in [-0.3, -0.25) is 0 Å². The number of nitrogens with zero attached hydrogens (tertiary/aromatic N) is 1. The Hall–Kier alpha value is -3.32. The van der Waals surface area contributed by atoms with Gasteiger partial charge in [-0.2, -0.15) is 0 Å². The van der Waals surface area contributed by atoms with Crippen molar-refractivity contribution in [3.8, 4) is 22.3 Å². The standard InChI is InChI=1S/C32H31N/c1-4-23-16-24(20-33-22(3)21(2)27-11-7-8-15-32(27)33)18-26(17-23)29-13-9-14-30-28-12-6-5-10-25(28)19-31(29)30/h5-18,21-22H,4,19-20H2,1-3H3/t21?,22-/m0/s1. The third-order valence-corrected chi connectivity index (χ3v) is 7.93. The van der Waals surface area contributed by atoms with Gasteiger partial charge in [-0.25, -0.2) is 0 Å². The lowest BCUT2D eigenvalue weighted by Gasteiger charge is -2.27. The zero-order valence-electron chi connectivity index (χ0n) is 19.8. The van der Waals surface area contributed by atoms with Crippen LogP contribution in [0.5, 0.6) is 0 Å². The van der Waals surface area contributed by atoms with Crippen molar-refractivity contribution >= 4 is 5.69 Å². The van der Waals surface area contributed by atoms with E-state index < -0.39 is 0 Å². The Labute approximate surface area is 197 Å². The van der Waals surface area contributed by atoms with Crippen LogP contribution < -0.4 is 4.90 Å². The smallest absolute Gasteiger partial charge is 0.0433 e. The Morgan fingerprint density at radius 1 is 0.758 bits per heavy atom. The number of aryl methyl sites for hydroxylation is 1. The molecule has 1 heterocycles. The Morgan fingerprint density at radius 2 is 1.48 bits per heavy atom. The van der Waals surface area contributed by atoms with Gasteiger partial charge in [0.2, 0.25) is 0 Å². The zero-order valence-corrected chi connectivity index (χ0v) is 19.8. The van der Waals surface area contributed by atoms with Crippen molar-refractivity contribution < 1.29 is 0 Å². The predicted octanol–water partition coefficient (Wildman–Crippen LogP) is 8.00. The van der Waals surface area contributed by atoms with Crippen LogP contribution in [0.4, 0.5) is 5.69 Å². The van der Waals surface area contributed by atoms with E-state index in [9.17, 15) is 0 Å². The van der Waals surface area contributed by atoms with Gasteiger partial charge in [0.15, 0.2) is 0 Å². The molecule has 0 saturated heterocycles. The maximum atomic E-state index is 2.60. The largest absolute Gasteiger partial charge is 0.364 e. The fourth-order valence-corrected chi connectivity index (χ4v) is 5.95. The van der Waals surface area contributed by atoms with E-state index in [1.54, 1.807) is 0 Å². The summed E-state index contributed by atoms with van der Waals surface area (Å²) in [6, 6.07) is 32.4. The molecule has 1 aliphatic carbocycles. The second-order valence-electron chi connectivity index (χ2n) is 9.77. The SMILES string of the molecule is CCc1cc(CN2c3ccccc3C(C)[C@@H]2C)cc(-c2cccc3c2Cc2ccccc2-3)c1. The van der Waals surface area contributed by atoms with Crippen molar-refractivity contribution in [1.82, 2.24) is 0 Å². The summed E-state index contributed by atoms with van der Waals surface area (Å²) in [4.78, 5) is 2.60. The number of hydrogen-bond acceptors (Lipinski definition) is 1. The van der Waals surface area contributed by atoms with E-state index in [0.717, 1.165) is 19.4 Å². The first kappa shape index (κ1) is 20.3. The van der Waals surface area contributed by atoms with Gasteiger partial charge < -0.3 is 4.90 Å². The minimum absolute atomic E-state index is 0.506. The summed E-state index contributed by atoms with van der Waals surface area (Å²) in [7, 11) is 0. The molecule has 33 heavy (non-hydrogen) atoms. The lowest BCUT2D eigenvalue weighted by atomic mass is 9.92. The van der Waals surface area contributed by atoms with Gasteiger partial charge in [-0.1, -0.05) is 86.6 Å². The highest BCUT2D eigenvalue weighted by Crippen LogP contribution is 2.43. The van der Waals surface area contributed by atoms with Gasteiger partial charge >= 0.3 is 0 Å². The molecule has 4 aromatic carbocycles. The fourth-order valence-electron chi connectivity index (χ4n) is 5.95. The molecule has 0 fully saturated rings. The number of para-hydroxylation sites is 1. The highest BCUT2D eigenvalue weighted by molar-refractivity contribution is 5.85. The quantitative estimate of drug-likeness (QED) is 0.280. The molecule has 6 rings (SSSR count). The minimum Gasteiger partial charge on any atom is -0.364 e. The molecule has 1 nitrogen and oxygen atoms in total. The number of fused-ring (bicyclic) bond motifs is 4. The Bertz CT molecular complexity index is 1350. The Kier molecular flexibility index (Phi) is 4.87. The number of rotatable bonds is 4. The van der Waals surface area contributed by atoms with E-state index in [-0.39, 0.29) is 0 Å². The van der Waals surface area contributed by atoms with E-state index in [0.29, 0.717) is 12.0 Å². The summed E-state index contributed by atoms with van der Waals surface area (Å²) in [6.45, 7) is 7.96. The molecule has 1 aliphatic heterocycles. The first-order valence-corrected chi connectivity index (χ1v) is 12.3.